The van der Waals surface area contributed by atoms with Crippen molar-refractivity contribution in [1.82, 2.24) is 14.8 Å². The third-order valence-electron chi connectivity index (χ3n) is 4.04. The van der Waals surface area contributed by atoms with Crippen molar-refractivity contribution in [2.75, 3.05) is 0 Å². The maximum Gasteiger partial charge on any atom is 0.163 e. The van der Waals surface area contributed by atoms with Crippen LogP contribution in [-0.4, -0.2) is 14.8 Å². The Morgan fingerprint density at radius 1 is 0.720 bits per heavy atom. The van der Waals surface area contributed by atoms with E-state index in [4.69, 9.17) is 0 Å². The maximum atomic E-state index is 4.65. The second kappa shape index (κ2) is 7.00. The molecule has 0 atom stereocenters. The number of nitrogens with zero attached hydrogens (tertiary/aromatic N) is 3. The van der Waals surface area contributed by atoms with Crippen LogP contribution in [0.1, 0.15) is 5.56 Å². The van der Waals surface area contributed by atoms with Gasteiger partial charge in [-0.25, -0.2) is 9.67 Å². The van der Waals surface area contributed by atoms with Gasteiger partial charge in [-0.1, -0.05) is 78.4 Å². The van der Waals surface area contributed by atoms with Gasteiger partial charge in [0.25, 0.3) is 0 Å². The van der Waals surface area contributed by atoms with Crippen molar-refractivity contribution in [2.45, 2.75) is 6.92 Å². The fourth-order valence-corrected chi connectivity index (χ4v) is 5.01. The summed E-state index contributed by atoms with van der Waals surface area (Å²) in [5.74, 6) is 0. The Hall–Kier alpha value is -2.77. The largest absolute Gasteiger partial charge is 0.214 e. The molecule has 0 radical (unpaired) electrons. The van der Waals surface area contributed by atoms with Gasteiger partial charge >= 0.3 is 0 Å². The van der Waals surface area contributed by atoms with Gasteiger partial charge in [0.1, 0.15) is 6.33 Å². The topological polar surface area (TPSA) is 30.7 Å². The molecule has 4 heteroatoms. The van der Waals surface area contributed by atoms with Crippen molar-refractivity contribution in [3.8, 4) is 5.69 Å². The van der Waals surface area contributed by atoms with Gasteiger partial charge in [-0.15, -0.1) is 0 Å². The smallest absolute Gasteiger partial charge is 0.163 e. The number of benzene rings is 3. The molecule has 0 saturated carbocycles. The monoisotopic (exact) mass is 343 g/mol. The summed E-state index contributed by atoms with van der Waals surface area (Å²) in [4.78, 5) is 4.65. The van der Waals surface area contributed by atoms with E-state index >= 15 is 0 Å². The van der Waals surface area contributed by atoms with Crippen LogP contribution >= 0.6 is 7.92 Å². The molecule has 1 aromatic heterocycles. The Balaban J connectivity index is 1.87. The predicted molar refractivity (Wildman–Crippen MR) is 105 cm³/mol. The summed E-state index contributed by atoms with van der Waals surface area (Å²) in [5, 5.41) is 7.05. The lowest BCUT2D eigenvalue weighted by Gasteiger charge is -2.18. The zero-order valence-electron chi connectivity index (χ0n) is 13.9. The van der Waals surface area contributed by atoms with E-state index in [1.807, 2.05) is 16.8 Å². The van der Waals surface area contributed by atoms with E-state index in [2.05, 4.69) is 89.8 Å². The predicted octanol–water partition coefficient (Wildman–Crippen LogP) is 3.33. The van der Waals surface area contributed by atoms with E-state index < -0.39 is 7.92 Å². The molecule has 0 fully saturated rings. The summed E-state index contributed by atoms with van der Waals surface area (Å²) < 4.78 is 1.96. The molecule has 0 aliphatic carbocycles. The minimum atomic E-state index is -0.772. The number of hydrogen-bond acceptors (Lipinski definition) is 2. The second-order valence-corrected chi connectivity index (χ2v) is 7.92. The van der Waals surface area contributed by atoms with Crippen molar-refractivity contribution in [2.24, 2.45) is 0 Å². The fourth-order valence-electron chi connectivity index (χ4n) is 2.79. The Labute approximate surface area is 148 Å². The Morgan fingerprint density at radius 2 is 1.28 bits per heavy atom. The first-order valence-electron chi connectivity index (χ1n) is 8.20. The first-order valence-corrected chi connectivity index (χ1v) is 9.54. The van der Waals surface area contributed by atoms with Gasteiger partial charge < -0.3 is 0 Å². The van der Waals surface area contributed by atoms with Crippen LogP contribution in [-0.2, 0) is 0 Å². The van der Waals surface area contributed by atoms with Crippen molar-refractivity contribution >= 4 is 24.1 Å². The van der Waals surface area contributed by atoms with E-state index in [9.17, 15) is 0 Å². The van der Waals surface area contributed by atoms with Crippen LogP contribution in [0.2, 0.25) is 0 Å². The molecule has 3 nitrogen and oxygen atoms in total. The van der Waals surface area contributed by atoms with Crippen LogP contribution in [0, 0.1) is 6.92 Å². The van der Waals surface area contributed by atoms with Crippen molar-refractivity contribution in [3.63, 3.8) is 0 Å². The number of aryl methyl sites for hydroxylation is 1. The van der Waals surface area contributed by atoms with Crippen LogP contribution in [0.25, 0.3) is 5.69 Å². The van der Waals surface area contributed by atoms with Gasteiger partial charge in [-0.2, -0.15) is 5.10 Å². The van der Waals surface area contributed by atoms with E-state index in [0.717, 1.165) is 11.3 Å². The minimum absolute atomic E-state index is 0.772. The fraction of sp³-hybridized carbons (Fsp3) is 0.0476. The zero-order chi connectivity index (χ0) is 17.1. The SMILES string of the molecule is Cc1ccc(-n2ncnc2P(c2ccccc2)c2ccccc2)cc1. The van der Waals surface area contributed by atoms with E-state index in [1.165, 1.54) is 16.2 Å². The average Bonchev–Trinajstić information content (AvgIpc) is 3.14. The lowest BCUT2D eigenvalue weighted by atomic mass is 10.2. The van der Waals surface area contributed by atoms with Gasteiger partial charge in [0, 0.05) is 7.92 Å². The normalized spacial score (nSPS) is 11.0. The van der Waals surface area contributed by atoms with E-state index in [-0.39, 0.29) is 0 Å². The standard InChI is InChI=1S/C21H18N3P/c1-17-12-14-18(15-13-17)24-21(22-16-23-24)25(19-8-4-2-5-9-19)20-10-6-3-7-11-20/h2-16H,1H3. The molecule has 0 N–H and O–H groups in total. The molecule has 122 valence electrons. The lowest BCUT2D eigenvalue weighted by Crippen LogP contribution is -2.27. The molecule has 0 aliphatic heterocycles. The quantitative estimate of drug-likeness (QED) is 0.532. The highest BCUT2D eigenvalue weighted by Gasteiger charge is 2.22. The third-order valence-corrected chi connectivity index (χ3v) is 6.37. The second-order valence-electron chi connectivity index (χ2n) is 5.81. The molecular formula is C21H18N3P. The molecule has 0 spiro atoms. The van der Waals surface area contributed by atoms with Crippen molar-refractivity contribution in [3.05, 3.63) is 96.8 Å². The Bertz CT molecular complexity index is 908. The molecule has 0 bridgehead atoms. The summed E-state index contributed by atoms with van der Waals surface area (Å²) in [6, 6.07) is 29.5. The first kappa shape index (κ1) is 15.7. The van der Waals surface area contributed by atoms with Crippen LogP contribution in [0.4, 0.5) is 0 Å². The Kier molecular flexibility index (Phi) is 4.41. The molecule has 0 aliphatic rings. The summed E-state index contributed by atoms with van der Waals surface area (Å²) >= 11 is 0. The van der Waals surface area contributed by atoms with Gasteiger partial charge in [0.15, 0.2) is 5.57 Å². The highest BCUT2D eigenvalue weighted by molar-refractivity contribution is 7.79. The minimum Gasteiger partial charge on any atom is -0.214 e. The lowest BCUT2D eigenvalue weighted by molar-refractivity contribution is 0.903. The number of aromatic nitrogens is 3. The zero-order valence-corrected chi connectivity index (χ0v) is 14.8. The van der Waals surface area contributed by atoms with Gasteiger partial charge in [-0.3, -0.25) is 0 Å². The highest BCUT2D eigenvalue weighted by atomic mass is 31.1. The molecule has 25 heavy (non-hydrogen) atoms. The third kappa shape index (κ3) is 3.24. The molecule has 0 saturated heterocycles. The average molecular weight is 343 g/mol. The summed E-state index contributed by atoms with van der Waals surface area (Å²) in [6.45, 7) is 2.09. The summed E-state index contributed by atoms with van der Waals surface area (Å²) in [6.07, 6.45) is 1.65. The molecule has 3 aromatic carbocycles. The summed E-state index contributed by atoms with van der Waals surface area (Å²) in [7, 11) is -0.772. The maximum absolute atomic E-state index is 4.65. The molecule has 0 unspecified atom stereocenters. The van der Waals surface area contributed by atoms with Crippen molar-refractivity contribution < 1.29 is 0 Å². The van der Waals surface area contributed by atoms with Crippen LogP contribution in [0.15, 0.2) is 91.3 Å². The molecule has 4 aromatic rings. The highest BCUT2D eigenvalue weighted by Crippen LogP contribution is 2.32. The van der Waals surface area contributed by atoms with Crippen LogP contribution < -0.4 is 16.2 Å². The van der Waals surface area contributed by atoms with Gasteiger partial charge in [0.2, 0.25) is 0 Å². The Morgan fingerprint density at radius 3 is 1.84 bits per heavy atom. The molecule has 1 heterocycles. The van der Waals surface area contributed by atoms with E-state index in [1.54, 1.807) is 6.33 Å². The molecule has 4 rings (SSSR count). The van der Waals surface area contributed by atoms with Crippen LogP contribution in [0.3, 0.4) is 0 Å². The number of rotatable bonds is 4. The molecular weight excluding hydrogens is 325 g/mol. The first-order chi connectivity index (χ1) is 12.3. The van der Waals surface area contributed by atoms with Gasteiger partial charge in [0.05, 0.1) is 5.69 Å². The van der Waals surface area contributed by atoms with E-state index in [0.29, 0.717) is 0 Å². The van der Waals surface area contributed by atoms with Crippen LogP contribution in [0.5, 0.6) is 0 Å². The van der Waals surface area contributed by atoms with Crippen molar-refractivity contribution in [1.29, 1.82) is 0 Å². The molecule has 0 amide bonds. The van der Waals surface area contributed by atoms with Gasteiger partial charge in [-0.05, 0) is 29.7 Å². The summed E-state index contributed by atoms with van der Waals surface area (Å²) in [5.41, 5.74) is 3.26. The number of hydrogen-bond donors (Lipinski definition) is 0.